The summed E-state index contributed by atoms with van der Waals surface area (Å²) >= 11 is 0. The molecule has 0 spiro atoms. The molecule has 3 atom stereocenters. The predicted octanol–water partition coefficient (Wildman–Crippen LogP) is 0.249. The molecule has 1 saturated carbocycles. The van der Waals surface area contributed by atoms with Gasteiger partial charge < -0.3 is 20.3 Å². The second-order valence-electron chi connectivity index (χ2n) is 4.92. The summed E-state index contributed by atoms with van der Waals surface area (Å²) in [5.74, 6) is -1.75. The molecular formula is C13H23NO5. The minimum Gasteiger partial charge on any atom is -0.481 e. The van der Waals surface area contributed by atoms with Gasteiger partial charge in [0.2, 0.25) is 5.91 Å². The summed E-state index contributed by atoms with van der Waals surface area (Å²) in [7, 11) is 0. The van der Waals surface area contributed by atoms with Gasteiger partial charge in [0.05, 0.1) is 31.7 Å². The molecule has 6 nitrogen and oxygen atoms in total. The van der Waals surface area contributed by atoms with Crippen LogP contribution in [0.15, 0.2) is 0 Å². The number of carboxylic acids is 1. The van der Waals surface area contributed by atoms with Crippen LogP contribution in [0.3, 0.4) is 0 Å². The van der Waals surface area contributed by atoms with E-state index in [4.69, 9.17) is 14.9 Å². The molecule has 1 fully saturated rings. The number of nitrogens with one attached hydrogen (secondary N) is 1. The Morgan fingerprint density at radius 3 is 2.53 bits per heavy atom. The van der Waals surface area contributed by atoms with Crippen molar-refractivity contribution in [1.82, 2.24) is 5.32 Å². The molecule has 1 amide bonds. The van der Waals surface area contributed by atoms with Crippen molar-refractivity contribution in [3.63, 3.8) is 0 Å². The first kappa shape index (κ1) is 15.9. The van der Waals surface area contributed by atoms with Gasteiger partial charge in [0.15, 0.2) is 0 Å². The first-order valence-corrected chi connectivity index (χ1v) is 6.79. The molecular weight excluding hydrogens is 250 g/mol. The largest absolute Gasteiger partial charge is 0.481 e. The molecule has 1 aliphatic rings. The molecule has 0 aromatic heterocycles. The Hall–Kier alpha value is -1.14. The summed E-state index contributed by atoms with van der Waals surface area (Å²) in [6.07, 6.45) is 2.15. The Labute approximate surface area is 113 Å². The third-order valence-corrected chi connectivity index (χ3v) is 3.67. The molecule has 6 heteroatoms. The van der Waals surface area contributed by atoms with Crippen LogP contribution in [0.1, 0.15) is 26.2 Å². The average molecular weight is 273 g/mol. The van der Waals surface area contributed by atoms with Gasteiger partial charge in [0, 0.05) is 6.54 Å². The second-order valence-corrected chi connectivity index (χ2v) is 4.92. The van der Waals surface area contributed by atoms with E-state index in [0.29, 0.717) is 31.9 Å². The van der Waals surface area contributed by atoms with Crippen molar-refractivity contribution in [3.8, 4) is 0 Å². The number of ether oxygens (including phenoxy) is 1. The fourth-order valence-electron chi connectivity index (χ4n) is 2.58. The molecule has 110 valence electrons. The fourth-order valence-corrected chi connectivity index (χ4v) is 2.58. The summed E-state index contributed by atoms with van der Waals surface area (Å²) in [4.78, 5) is 23.1. The van der Waals surface area contributed by atoms with Crippen molar-refractivity contribution in [1.29, 1.82) is 0 Å². The van der Waals surface area contributed by atoms with Crippen molar-refractivity contribution < 1.29 is 24.5 Å². The van der Waals surface area contributed by atoms with Crippen molar-refractivity contribution in [2.45, 2.75) is 26.2 Å². The summed E-state index contributed by atoms with van der Waals surface area (Å²) in [6.45, 7) is 2.89. The molecule has 1 rings (SSSR count). The zero-order valence-corrected chi connectivity index (χ0v) is 11.3. The number of carbonyl (C=O) groups is 2. The zero-order valence-electron chi connectivity index (χ0n) is 11.3. The van der Waals surface area contributed by atoms with E-state index >= 15 is 0 Å². The normalized spacial score (nSPS) is 26.3. The molecule has 0 aromatic rings. The summed E-state index contributed by atoms with van der Waals surface area (Å²) in [5.41, 5.74) is 0. The number of carboxylic acid groups (broad SMARTS) is 1. The molecule has 0 bridgehead atoms. The standard InChI is InChI=1S/C13H23NO5/c1-2-9-7-10(11(8-9)13(17)18)12(16)14-3-5-19-6-4-15/h9-11,15H,2-8H2,1H3,(H,14,16)(H,17,18)/t9?,10-,11+/m0/s1. The summed E-state index contributed by atoms with van der Waals surface area (Å²) in [5, 5.41) is 20.4. The first-order valence-electron chi connectivity index (χ1n) is 6.79. The third-order valence-electron chi connectivity index (χ3n) is 3.67. The molecule has 0 aromatic carbocycles. The lowest BCUT2D eigenvalue weighted by atomic mass is 9.95. The quantitative estimate of drug-likeness (QED) is 0.551. The van der Waals surface area contributed by atoms with Crippen LogP contribution < -0.4 is 5.32 Å². The molecule has 1 aliphatic carbocycles. The maximum Gasteiger partial charge on any atom is 0.307 e. The van der Waals surface area contributed by atoms with Crippen molar-refractivity contribution in [2.24, 2.45) is 17.8 Å². The highest BCUT2D eigenvalue weighted by molar-refractivity contribution is 5.85. The van der Waals surface area contributed by atoms with Crippen molar-refractivity contribution >= 4 is 11.9 Å². The van der Waals surface area contributed by atoms with Crippen LogP contribution in [0.25, 0.3) is 0 Å². The minimum atomic E-state index is -0.882. The van der Waals surface area contributed by atoms with Crippen LogP contribution >= 0.6 is 0 Å². The Bertz CT molecular complexity index is 307. The molecule has 0 saturated heterocycles. The number of aliphatic carboxylic acids is 1. The van der Waals surface area contributed by atoms with Crippen LogP contribution in [-0.2, 0) is 14.3 Å². The van der Waals surface area contributed by atoms with Crippen molar-refractivity contribution in [2.75, 3.05) is 26.4 Å². The van der Waals surface area contributed by atoms with E-state index < -0.39 is 17.8 Å². The fraction of sp³-hybridized carbons (Fsp3) is 0.846. The lowest BCUT2D eigenvalue weighted by Crippen LogP contribution is -2.37. The first-order chi connectivity index (χ1) is 9.10. The van der Waals surface area contributed by atoms with E-state index in [1.807, 2.05) is 6.92 Å². The number of amides is 1. The van der Waals surface area contributed by atoms with E-state index in [-0.39, 0.29) is 19.1 Å². The van der Waals surface area contributed by atoms with Crippen LogP contribution in [0.4, 0.5) is 0 Å². The Morgan fingerprint density at radius 1 is 1.26 bits per heavy atom. The summed E-state index contributed by atoms with van der Waals surface area (Å²) < 4.78 is 5.03. The van der Waals surface area contributed by atoms with Crippen LogP contribution in [0.2, 0.25) is 0 Å². The lowest BCUT2D eigenvalue weighted by molar-refractivity contribution is -0.146. The van der Waals surface area contributed by atoms with Gasteiger partial charge in [-0.3, -0.25) is 9.59 Å². The van der Waals surface area contributed by atoms with Gasteiger partial charge in [0.25, 0.3) is 0 Å². The van der Waals surface area contributed by atoms with Crippen LogP contribution in [-0.4, -0.2) is 48.5 Å². The number of carbonyl (C=O) groups excluding carboxylic acids is 1. The van der Waals surface area contributed by atoms with Gasteiger partial charge in [-0.15, -0.1) is 0 Å². The highest BCUT2D eigenvalue weighted by atomic mass is 16.5. The molecule has 0 aliphatic heterocycles. The van der Waals surface area contributed by atoms with E-state index in [1.165, 1.54) is 0 Å². The lowest BCUT2D eigenvalue weighted by Gasteiger charge is -2.15. The van der Waals surface area contributed by atoms with Gasteiger partial charge >= 0.3 is 5.97 Å². The second kappa shape index (κ2) is 8.12. The molecule has 0 heterocycles. The minimum absolute atomic E-state index is 0.0458. The molecule has 19 heavy (non-hydrogen) atoms. The van der Waals surface area contributed by atoms with E-state index in [0.717, 1.165) is 6.42 Å². The smallest absolute Gasteiger partial charge is 0.307 e. The summed E-state index contributed by atoms with van der Waals surface area (Å²) in [6, 6.07) is 0. The van der Waals surface area contributed by atoms with Gasteiger partial charge in [-0.05, 0) is 18.8 Å². The Morgan fingerprint density at radius 2 is 1.95 bits per heavy atom. The maximum absolute atomic E-state index is 12.0. The average Bonchev–Trinajstić information content (AvgIpc) is 2.82. The van der Waals surface area contributed by atoms with E-state index in [1.54, 1.807) is 0 Å². The number of rotatable bonds is 8. The van der Waals surface area contributed by atoms with Gasteiger partial charge in [-0.1, -0.05) is 13.3 Å². The zero-order chi connectivity index (χ0) is 14.3. The van der Waals surface area contributed by atoms with Crippen LogP contribution in [0.5, 0.6) is 0 Å². The van der Waals surface area contributed by atoms with Gasteiger partial charge in [-0.2, -0.15) is 0 Å². The highest BCUT2D eigenvalue weighted by Crippen LogP contribution is 2.38. The van der Waals surface area contributed by atoms with Gasteiger partial charge in [0.1, 0.15) is 0 Å². The number of hydrogen-bond donors (Lipinski definition) is 3. The van der Waals surface area contributed by atoms with Crippen molar-refractivity contribution in [3.05, 3.63) is 0 Å². The Balaban J connectivity index is 2.39. The number of aliphatic hydroxyl groups excluding tert-OH is 1. The Kier molecular flexibility index (Phi) is 6.80. The molecule has 1 unspecified atom stereocenters. The van der Waals surface area contributed by atoms with E-state index in [2.05, 4.69) is 5.32 Å². The maximum atomic E-state index is 12.0. The monoisotopic (exact) mass is 273 g/mol. The SMILES string of the molecule is CCC1C[C@H](C(=O)NCCOCCO)[C@H](C(=O)O)C1. The van der Waals surface area contributed by atoms with E-state index in [9.17, 15) is 9.59 Å². The number of hydrogen-bond acceptors (Lipinski definition) is 4. The highest BCUT2D eigenvalue weighted by Gasteiger charge is 2.41. The van der Waals surface area contributed by atoms with Gasteiger partial charge in [-0.25, -0.2) is 0 Å². The third kappa shape index (κ3) is 4.80. The predicted molar refractivity (Wildman–Crippen MR) is 68.5 cm³/mol. The number of aliphatic hydroxyl groups is 1. The molecule has 0 radical (unpaired) electrons. The molecule has 3 N–H and O–H groups in total. The van der Waals surface area contributed by atoms with Crippen LogP contribution in [0, 0.1) is 17.8 Å². The topological polar surface area (TPSA) is 95.9 Å².